The van der Waals surface area contributed by atoms with Gasteiger partial charge in [-0.25, -0.2) is 13.4 Å². The van der Waals surface area contributed by atoms with Gasteiger partial charge in [-0.05, 0) is 32.4 Å². The Morgan fingerprint density at radius 3 is 2.41 bits per heavy atom. The van der Waals surface area contributed by atoms with Gasteiger partial charge in [0.15, 0.2) is 15.0 Å². The first-order valence-corrected chi connectivity index (χ1v) is 13.5. The summed E-state index contributed by atoms with van der Waals surface area (Å²) in [6.45, 7) is 4.26. The third-order valence-corrected chi connectivity index (χ3v) is 8.52. The van der Waals surface area contributed by atoms with E-state index >= 15 is 0 Å². The van der Waals surface area contributed by atoms with Crippen LogP contribution in [0.2, 0.25) is 0 Å². The summed E-state index contributed by atoms with van der Waals surface area (Å²) in [6.07, 6.45) is 2.35. The van der Waals surface area contributed by atoms with E-state index in [2.05, 4.69) is 9.55 Å². The molecule has 2 aromatic carbocycles. The zero-order chi connectivity index (χ0) is 22.7. The van der Waals surface area contributed by atoms with Crippen LogP contribution in [0, 0.1) is 0 Å². The van der Waals surface area contributed by atoms with Crippen LogP contribution in [0.5, 0.6) is 0 Å². The Labute approximate surface area is 193 Å². The number of thioether (sulfide) groups is 1. The second-order valence-electron chi connectivity index (χ2n) is 7.90. The van der Waals surface area contributed by atoms with Crippen LogP contribution in [0.4, 0.5) is 0 Å². The second-order valence-corrected chi connectivity index (χ2v) is 11.4. The van der Waals surface area contributed by atoms with Gasteiger partial charge in [-0.3, -0.25) is 9.36 Å². The number of amides is 1. The fourth-order valence-corrected chi connectivity index (χ4v) is 6.82. The number of benzene rings is 2. The molecule has 2 heterocycles. The summed E-state index contributed by atoms with van der Waals surface area (Å²) in [6, 6.07) is 19.8. The van der Waals surface area contributed by atoms with E-state index in [4.69, 9.17) is 0 Å². The highest BCUT2D eigenvalue weighted by atomic mass is 32.2. The lowest BCUT2D eigenvalue weighted by molar-refractivity contribution is -0.131. The predicted molar refractivity (Wildman–Crippen MR) is 129 cm³/mol. The largest absolute Gasteiger partial charge is 0.338 e. The molecule has 2 atom stereocenters. The maximum Gasteiger partial charge on any atom is 0.236 e. The molecule has 0 aliphatic carbocycles. The highest BCUT2D eigenvalue weighted by Gasteiger charge is 2.35. The van der Waals surface area contributed by atoms with Crippen LogP contribution in [0.15, 0.2) is 72.0 Å². The molecule has 8 heteroatoms. The maximum atomic E-state index is 13.3. The Morgan fingerprint density at radius 1 is 1.16 bits per heavy atom. The van der Waals surface area contributed by atoms with E-state index in [-0.39, 0.29) is 23.5 Å². The van der Waals surface area contributed by atoms with Crippen LogP contribution in [0.25, 0.3) is 16.9 Å². The maximum absolute atomic E-state index is 13.3. The van der Waals surface area contributed by atoms with Crippen LogP contribution in [0.1, 0.15) is 20.3 Å². The van der Waals surface area contributed by atoms with Crippen molar-refractivity contribution in [3.63, 3.8) is 0 Å². The topological polar surface area (TPSA) is 72.3 Å². The summed E-state index contributed by atoms with van der Waals surface area (Å²) < 4.78 is 25.9. The molecule has 0 radical (unpaired) electrons. The van der Waals surface area contributed by atoms with E-state index in [0.717, 1.165) is 22.1 Å². The van der Waals surface area contributed by atoms with E-state index in [0.29, 0.717) is 13.0 Å². The fraction of sp³-hybridized carbons (Fsp3) is 0.333. The number of nitrogens with zero attached hydrogens (tertiary/aromatic N) is 3. The standard InChI is InChI=1S/C24H27N3O3S2/c1-3-26(21-14-15-32(29,30)17-21)23(28)18(2)31-24-25-16-22(19-10-6-4-7-11-19)27(24)20-12-8-5-9-13-20/h4-13,16,18,21H,3,14-15,17H2,1-2H3. The molecule has 32 heavy (non-hydrogen) atoms. The van der Waals surface area contributed by atoms with Crippen molar-refractivity contribution >= 4 is 27.5 Å². The minimum absolute atomic E-state index is 0.0523. The van der Waals surface area contributed by atoms with Crippen LogP contribution < -0.4 is 0 Å². The van der Waals surface area contributed by atoms with E-state index in [1.165, 1.54) is 11.8 Å². The molecule has 0 saturated carbocycles. The minimum atomic E-state index is -3.06. The van der Waals surface area contributed by atoms with Crippen molar-refractivity contribution < 1.29 is 13.2 Å². The van der Waals surface area contributed by atoms with Crippen LogP contribution in [-0.2, 0) is 14.6 Å². The Balaban J connectivity index is 1.62. The molecule has 0 spiro atoms. The van der Waals surface area contributed by atoms with Gasteiger partial charge < -0.3 is 4.90 Å². The van der Waals surface area contributed by atoms with Gasteiger partial charge in [-0.15, -0.1) is 0 Å². The Morgan fingerprint density at radius 2 is 1.81 bits per heavy atom. The molecule has 1 aliphatic heterocycles. The number of hydrogen-bond donors (Lipinski definition) is 0. The highest BCUT2D eigenvalue weighted by Crippen LogP contribution is 2.32. The molecule has 6 nitrogen and oxygen atoms in total. The molecule has 1 amide bonds. The number of sulfone groups is 1. The monoisotopic (exact) mass is 469 g/mol. The van der Waals surface area contributed by atoms with Crippen molar-refractivity contribution in [1.82, 2.24) is 14.5 Å². The third-order valence-electron chi connectivity index (χ3n) is 5.72. The van der Waals surface area contributed by atoms with Crippen molar-refractivity contribution in [1.29, 1.82) is 0 Å². The Hall–Kier alpha value is -2.58. The molecule has 0 bridgehead atoms. The first-order valence-electron chi connectivity index (χ1n) is 10.8. The lowest BCUT2D eigenvalue weighted by atomic mass is 10.1. The molecule has 168 valence electrons. The summed E-state index contributed by atoms with van der Waals surface area (Å²) in [5.74, 6) is 0.159. The minimum Gasteiger partial charge on any atom is -0.338 e. The predicted octanol–water partition coefficient (Wildman–Crippen LogP) is 4.06. The van der Waals surface area contributed by atoms with Crippen molar-refractivity contribution in [3.05, 3.63) is 66.9 Å². The highest BCUT2D eigenvalue weighted by molar-refractivity contribution is 8.00. The van der Waals surface area contributed by atoms with Crippen molar-refractivity contribution in [2.45, 2.75) is 36.7 Å². The average molecular weight is 470 g/mol. The number of hydrogen-bond acceptors (Lipinski definition) is 5. The fourth-order valence-electron chi connectivity index (χ4n) is 4.11. The number of carbonyl (C=O) groups excluding carboxylic acids is 1. The SMILES string of the molecule is CCN(C(=O)C(C)Sc1ncc(-c2ccccc2)n1-c1ccccc1)C1CCS(=O)(=O)C1. The lowest BCUT2D eigenvalue weighted by Gasteiger charge is -2.29. The van der Waals surface area contributed by atoms with Gasteiger partial charge in [-0.2, -0.15) is 0 Å². The summed E-state index contributed by atoms with van der Waals surface area (Å²) in [4.78, 5) is 19.6. The molecule has 1 fully saturated rings. The van der Waals surface area contributed by atoms with Crippen molar-refractivity contribution in [2.24, 2.45) is 0 Å². The molecular weight excluding hydrogens is 442 g/mol. The zero-order valence-electron chi connectivity index (χ0n) is 18.2. The lowest BCUT2D eigenvalue weighted by Crippen LogP contribution is -2.44. The number of aromatic nitrogens is 2. The quantitative estimate of drug-likeness (QED) is 0.488. The average Bonchev–Trinajstić information content (AvgIpc) is 3.38. The van der Waals surface area contributed by atoms with Crippen molar-refractivity contribution in [2.75, 3.05) is 18.1 Å². The first kappa shape index (κ1) is 22.6. The van der Waals surface area contributed by atoms with E-state index in [9.17, 15) is 13.2 Å². The smallest absolute Gasteiger partial charge is 0.236 e. The molecule has 1 aromatic heterocycles. The van der Waals surface area contributed by atoms with E-state index in [1.54, 1.807) is 4.90 Å². The molecular formula is C24H27N3O3S2. The molecule has 2 unspecified atom stereocenters. The van der Waals surface area contributed by atoms with E-state index < -0.39 is 15.1 Å². The number of imidazole rings is 1. The molecule has 1 saturated heterocycles. The summed E-state index contributed by atoms with van der Waals surface area (Å²) in [5, 5.41) is 0.331. The number of para-hydroxylation sites is 1. The number of rotatable bonds is 7. The molecule has 0 N–H and O–H groups in total. The van der Waals surface area contributed by atoms with Crippen LogP contribution in [-0.4, -0.2) is 58.1 Å². The zero-order valence-corrected chi connectivity index (χ0v) is 19.8. The third kappa shape index (κ3) is 4.76. The van der Waals surface area contributed by atoms with Crippen LogP contribution >= 0.6 is 11.8 Å². The van der Waals surface area contributed by atoms with Crippen molar-refractivity contribution in [3.8, 4) is 16.9 Å². The number of carbonyl (C=O) groups is 1. The van der Waals surface area contributed by atoms with Gasteiger partial charge >= 0.3 is 0 Å². The van der Waals surface area contributed by atoms with Gasteiger partial charge in [0.1, 0.15) is 0 Å². The molecule has 1 aliphatic rings. The van der Waals surface area contributed by atoms with Gasteiger partial charge in [0.2, 0.25) is 5.91 Å². The Bertz CT molecular complexity index is 1180. The van der Waals surface area contributed by atoms with Crippen LogP contribution in [0.3, 0.4) is 0 Å². The van der Waals surface area contributed by atoms with Gasteiger partial charge in [0.05, 0.1) is 28.6 Å². The second kappa shape index (κ2) is 9.50. The molecule has 4 rings (SSSR count). The first-order chi connectivity index (χ1) is 15.4. The summed E-state index contributed by atoms with van der Waals surface area (Å²) >= 11 is 1.40. The van der Waals surface area contributed by atoms with Gasteiger partial charge in [-0.1, -0.05) is 60.3 Å². The van der Waals surface area contributed by atoms with E-state index in [1.807, 2.05) is 80.7 Å². The summed E-state index contributed by atoms with van der Waals surface area (Å²) in [7, 11) is -3.06. The normalized spacial score (nSPS) is 18.4. The Kier molecular flexibility index (Phi) is 6.71. The van der Waals surface area contributed by atoms with Gasteiger partial charge in [0.25, 0.3) is 0 Å². The summed E-state index contributed by atoms with van der Waals surface area (Å²) in [5.41, 5.74) is 2.97. The van der Waals surface area contributed by atoms with Gasteiger partial charge in [0, 0.05) is 23.8 Å². The molecule has 3 aromatic rings.